The van der Waals surface area contributed by atoms with Gasteiger partial charge in [-0.2, -0.15) is 0 Å². The van der Waals surface area contributed by atoms with Crippen LogP contribution in [0.1, 0.15) is 12.1 Å². The van der Waals surface area contributed by atoms with Crippen molar-refractivity contribution in [3.05, 3.63) is 18.2 Å². The molecule has 0 aliphatic carbocycles. The summed E-state index contributed by atoms with van der Waals surface area (Å²) in [6.07, 6.45) is 2.88. The fourth-order valence-electron chi connectivity index (χ4n) is 0.783. The highest BCUT2D eigenvalue weighted by molar-refractivity contribution is 5.55. The summed E-state index contributed by atoms with van der Waals surface area (Å²) in [6.45, 7) is 0. The first kappa shape index (κ1) is 7.91. The number of carbonyl (C=O) groups excluding carboxylic acids is 1. The number of H-pyrrole nitrogens is 1. The summed E-state index contributed by atoms with van der Waals surface area (Å²) in [6, 6.07) is 0. The van der Waals surface area contributed by atoms with Gasteiger partial charge in [0.2, 0.25) is 0 Å². The second-order valence-electron chi connectivity index (χ2n) is 2.27. The number of hydrogen-bond acceptors (Lipinski definition) is 2. The summed E-state index contributed by atoms with van der Waals surface area (Å²) < 4.78 is 12.3. The van der Waals surface area contributed by atoms with Gasteiger partial charge in [0, 0.05) is 11.9 Å². The van der Waals surface area contributed by atoms with E-state index in [4.69, 9.17) is 0 Å². The van der Waals surface area contributed by atoms with Crippen LogP contribution < -0.4 is 0 Å². The number of hydrogen-bond donors (Lipinski definition) is 1. The molecule has 0 spiro atoms. The van der Waals surface area contributed by atoms with Crippen molar-refractivity contribution >= 4 is 6.29 Å². The van der Waals surface area contributed by atoms with E-state index in [2.05, 4.69) is 9.97 Å². The first-order valence-corrected chi connectivity index (χ1v) is 3.39. The number of aromatic amines is 1. The molecule has 1 N–H and O–H groups in total. The predicted molar refractivity (Wildman–Crippen MR) is 37.9 cm³/mol. The van der Waals surface area contributed by atoms with Crippen LogP contribution in [-0.4, -0.2) is 22.4 Å². The van der Waals surface area contributed by atoms with Gasteiger partial charge in [0.15, 0.2) is 12.5 Å². The Kier molecular flexibility index (Phi) is 2.77. The molecule has 1 heterocycles. The Morgan fingerprint density at radius 2 is 2.64 bits per heavy atom. The van der Waals surface area contributed by atoms with E-state index in [0.717, 1.165) is 5.69 Å². The number of rotatable bonds is 4. The molecule has 0 fully saturated rings. The Hall–Kier alpha value is -1.19. The van der Waals surface area contributed by atoms with Gasteiger partial charge >= 0.3 is 0 Å². The van der Waals surface area contributed by atoms with E-state index in [-0.39, 0.29) is 6.42 Å². The molecule has 0 amide bonds. The number of aldehydes is 1. The lowest BCUT2D eigenvalue weighted by atomic mass is 10.2. The molecular weight excluding hydrogens is 147 g/mol. The van der Waals surface area contributed by atoms with E-state index < -0.39 is 6.17 Å². The second-order valence-corrected chi connectivity index (χ2v) is 2.27. The fraction of sp³-hybridized carbons (Fsp3) is 0.429. The minimum absolute atomic E-state index is 0.228. The van der Waals surface area contributed by atoms with Gasteiger partial charge in [-0.3, -0.25) is 0 Å². The summed E-state index contributed by atoms with van der Waals surface area (Å²) in [5.41, 5.74) is 0.856. The molecule has 3 nitrogen and oxygen atoms in total. The molecule has 1 rings (SSSR count). The highest BCUT2D eigenvalue weighted by Gasteiger charge is 2.04. The zero-order valence-electron chi connectivity index (χ0n) is 5.96. The summed E-state index contributed by atoms with van der Waals surface area (Å²) in [5.74, 6) is 0. The van der Waals surface area contributed by atoms with Crippen LogP contribution in [0.5, 0.6) is 0 Å². The maximum Gasteiger partial charge on any atom is 0.155 e. The highest BCUT2D eigenvalue weighted by Crippen LogP contribution is 2.01. The van der Waals surface area contributed by atoms with Crippen molar-refractivity contribution in [2.75, 3.05) is 0 Å². The molecule has 0 bridgehead atoms. The van der Waals surface area contributed by atoms with E-state index in [1.807, 2.05) is 0 Å². The molecule has 60 valence electrons. The number of halogens is 1. The van der Waals surface area contributed by atoms with Crippen LogP contribution >= 0.6 is 0 Å². The summed E-state index contributed by atoms with van der Waals surface area (Å²) in [5, 5.41) is 0. The smallest absolute Gasteiger partial charge is 0.155 e. The van der Waals surface area contributed by atoms with Gasteiger partial charge in [-0.25, -0.2) is 9.37 Å². The standard InChI is InChI=1S/C7H9FN2O/c8-6(4-11)1-2-7-3-9-5-10-7/h3-6H,1-2H2,(H,9,10). The van der Waals surface area contributed by atoms with Crippen molar-refractivity contribution in [1.29, 1.82) is 0 Å². The van der Waals surface area contributed by atoms with Crippen LogP contribution in [0.25, 0.3) is 0 Å². The third-order valence-corrected chi connectivity index (χ3v) is 1.39. The Morgan fingerprint density at radius 1 is 1.82 bits per heavy atom. The molecule has 0 radical (unpaired) electrons. The lowest BCUT2D eigenvalue weighted by molar-refractivity contribution is -0.112. The van der Waals surface area contributed by atoms with Gasteiger partial charge in [0.05, 0.1) is 6.33 Å². The third-order valence-electron chi connectivity index (χ3n) is 1.39. The molecule has 0 saturated carbocycles. The average Bonchev–Trinajstić information content (AvgIpc) is 2.52. The molecule has 11 heavy (non-hydrogen) atoms. The number of imidazole rings is 1. The lowest BCUT2D eigenvalue weighted by Gasteiger charge is -1.96. The van der Waals surface area contributed by atoms with Crippen molar-refractivity contribution in [2.45, 2.75) is 19.0 Å². The molecule has 0 aliphatic heterocycles. The van der Waals surface area contributed by atoms with E-state index in [9.17, 15) is 9.18 Å². The molecule has 0 aromatic carbocycles. The number of nitrogens with zero attached hydrogens (tertiary/aromatic N) is 1. The van der Waals surface area contributed by atoms with Crippen molar-refractivity contribution in [3.8, 4) is 0 Å². The molecule has 1 aromatic rings. The van der Waals surface area contributed by atoms with Gasteiger partial charge < -0.3 is 9.78 Å². The van der Waals surface area contributed by atoms with Crippen LogP contribution in [-0.2, 0) is 11.2 Å². The van der Waals surface area contributed by atoms with E-state index in [1.165, 1.54) is 6.33 Å². The predicted octanol–water partition coefficient (Wildman–Crippen LogP) is 0.879. The minimum atomic E-state index is -1.35. The van der Waals surface area contributed by atoms with Crippen LogP contribution in [0.3, 0.4) is 0 Å². The molecule has 0 saturated heterocycles. The Balaban J connectivity index is 2.28. The normalized spacial score (nSPS) is 12.8. The first-order chi connectivity index (χ1) is 5.33. The Labute approximate surface area is 63.6 Å². The lowest BCUT2D eigenvalue weighted by Crippen LogP contribution is -2.02. The van der Waals surface area contributed by atoms with Crippen molar-refractivity contribution in [1.82, 2.24) is 9.97 Å². The molecule has 1 atom stereocenters. The monoisotopic (exact) mass is 156 g/mol. The second kappa shape index (κ2) is 3.85. The van der Waals surface area contributed by atoms with E-state index in [1.54, 1.807) is 6.20 Å². The number of aromatic nitrogens is 2. The van der Waals surface area contributed by atoms with Crippen LogP contribution in [0.15, 0.2) is 12.5 Å². The first-order valence-electron chi connectivity index (χ1n) is 3.39. The topological polar surface area (TPSA) is 45.8 Å². The average molecular weight is 156 g/mol. The van der Waals surface area contributed by atoms with Crippen molar-refractivity contribution in [2.24, 2.45) is 0 Å². The SMILES string of the molecule is O=CC(F)CCc1cnc[nH]1. The number of nitrogens with one attached hydrogen (secondary N) is 1. The van der Waals surface area contributed by atoms with Crippen LogP contribution in [0, 0.1) is 0 Å². The maximum absolute atomic E-state index is 12.3. The quantitative estimate of drug-likeness (QED) is 0.658. The zero-order chi connectivity index (χ0) is 8.10. The molecular formula is C7H9FN2O. The Bertz CT molecular complexity index is 210. The molecule has 1 unspecified atom stereocenters. The Morgan fingerprint density at radius 3 is 3.18 bits per heavy atom. The van der Waals surface area contributed by atoms with Crippen molar-refractivity contribution in [3.63, 3.8) is 0 Å². The minimum Gasteiger partial charge on any atom is -0.348 e. The van der Waals surface area contributed by atoms with Crippen molar-refractivity contribution < 1.29 is 9.18 Å². The number of aryl methyl sites for hydroxylation is 1. The molecule has 0 aliphatic rings. The van der Waals surface area contributed by atoms with Gasteiger partial charge in [0.1, 0.15) is 0 Å². The van der Waals surface area contributed by atoms with E-state index in [0.29, 0.717) is 12.7 Å². The van der Waals surface area contributed by atoms with Gasteiger partial charge in [-0.05, 0) is 12.8 Å². The molecule has 1 aromatic heterocycles. The largest absolute Gasteiger partial charge is 0.348 e. The van der Waals surface area contributed by atoms with Gasteiger partial charge in [-0.1, -0.05) is 0 Å². The zero-order valence-corrected chi connectivity index (χ0v) is 5.96. The molecule has 4 heteroatoms. The van der Waals surface area contributed by atoms with Gasteiger partial charge in [0.25, 0.3) is 0 Å². The number of carbonyl (C=O) groups is 1. The fourth-order valence-corrected chi connectivity index (χ4v) is 0.783. The number of alkyl halides is 1. The summed E-state index contributed by atoms with van der Waals surface area (Å²) in [7, 11) is 0. The third kappa shape index (κ3) is 2.49. The van der Waals surface area contributed by atoms with E-state index >= 15 is 0 Å². The summed E-state index contributed by atoms with van der Waals surface area (Å²) in [4.78, 5) is 16.4. The highest BCUT2D eigenvalue weighted by atomic mass is 19.1. The van der Waals surface area contributed by atoms with Crippen LogP contribution in [0.4, 0.5) is 4.39 Å². The van der Waals surface area contributed by atoms with Crippen LogP contribution in [0.2, 0.25) is 0 Å². The maximum atomic E-state index is 12.3. The summed E-state index contributed by atoms with van der Waals surface area (Å²) >= 11 is 0. The van der Waals surface area contributed by atoms with Gasteiger partial charge in [-0.15, -0.1) is 0 Å².